The summed E-state index contributed by atoms with van der Waals surface area (Å²) in [6, 6.07) is 17.5. The Morgan fingerprint density at radius 1 is 1.19 bits per heavy atom. The Bertz CT molecular complexity index is 874. The molecule has 0 saturated heterocycles. The van der Waals surface area contributed by atoms with Gasteiger partial charge in [-0.3, -0.25) is 4.79 Å². The van der Waals surface area contributed by atoms with Gasteiger partial charge in [-0.15, -0.1) is 11.3 Å². The maximum atomic E-state index is 12.3. The molecule has 2 aromatic carbocycles. The zero-order valence-electron chi connectivity index (χ0n) is 14.4. The van der Waals surface area contributed by atoms with Crippen LogP contribution in [0.15, 0.2) is 72.6 Å². The zero-order valence-corrected chi connectivity index (χ0v) is 15.2. The number of nitrogens with one attached hydrogen (secondary N) is 1. The zero-order chi connectivity index (χ0) is 18.2. The molecule has 0 aliphatic heterocycles. The molecule has 0 spiro atoms. The van der Waals surface area contributed by atoms with E-state index in [2.05, 4.69) is 29.0 Å². The first kappa shape index (κ1) is 17.9. The fourth-order valence-electron chi connectivity index (χ4n) is 2.47. The number of anilines is 1. The number of rotatable bonds is 8. The smallest absolute Gasteiger partial charge is 0.230 e. The molecule has 0 radical (unpaired) electrons. The first-order valence-corrected chi connectivity index (χ1v) is 9.22. The summed E-state index contributed by atoms with van der Waals surface area (Å²) in [4.78, 5) is 16.8. The summed E-state index contributed by atoms with van der Waals surface area (Å²) < 4.78 is 5.48. The summed E-state index contributed by atoms with van der Waals surface area (Å²) in [5.74, 6) is 0.601. The maximum Gasteiger partial charge on any atom is 0.230 e. The lowest BCUT2D eigenvalue weighted by molar-refractivity contribution is -0.115. The van der Waals surface area contributed by atoms with E-state index in [-0.39, 0.29) is 12.3 Å². The molecule has 1 amide bonds. The van der Waals surface area contributed by atoms with Crippen molar-refractivity contribution in [1.82, 2.24) is 4.98 Å². The lowest BCUT2D eigenvalue weighted by atomic mass is 10.2. The van der Waals surface area contributed by atoms with Crippen LogP contribution >= 0.6 is 11.3 Å². The molecule has 0 unspecified atom stereocenters. The van der Waals surface area contributed by atoms with Crippen molar-refractivity contribution < 1.29 is 9.53 Å². The van der Waals surface area contributed by atoms with Crippen molar-refractivity contribution >= 4 is 22.9 Å². The minimum Gasteiger partial charge on any atom is -0.489 e. The van der Waals surface area contributed by atoms with Crippen molar-refractivity contribution in [3.8, 4) is 5.75 Å². The molecule has 0 fully saturated rings. The minimum atomic E-state index is -0.0950. The van der Waals surface area contributed by atoms with Crippen molar-refractivity contribution in [2.75, 3.05) is 11.9 Å². The van der Waals surface area contributed by atoms with E-state index in [4.69, 9.17) is 4.74 Å². The van der Waals surface area contributed by atoms with Gasteiger partial charge in [0.05, 0.1) is 17.1 Å². The van der Waals surface area contributed by atoms with E-state index < -0.39 is 0 Å². The molecule has 1 heterocycles. The number of hydrogen-bond donors (Lipinski definition) is 1. The molecular formula is C21H20N2O2S. The summed E-state index contributed by atoms with van der Waals surface area (Å²) in [6.07, 6.45) is 2.72. The molecule has 0 saturated carbocycles. The number of hydrogen-bond acceptors (Lipinski definition) is 4. The van der Waals surface area contributed by atoms with Crippen LogP contribution in [0.2, 0.25) is 0 Å². The SMILES string of the molecule is C=CCOc1cccc(NC(=O)Cc2csc(Cc3ccccc3)n2)c1. The fourth-order valence-corrected chi connectivity index (χ4v) is 3.30. The average molecular weight is 364 g/mol. The molecule has 132 valence electrons. The second-order valence-electron chi connectivity index (χ2n) is 5.75. The summed E-state index contributed by atoms with van der Waals surface area (Å²) in [5.41, 5.74) is 2.71. The number of thiazole rings is 1. The van der Waals surface area contributed by atoms with Crippen LogP contribution in [0.5, 0.6) is 5.75 Å². The van der Waals surface area contributed by atoms with E-state index in [9.17, 15) is 4.79 Å². The number of aromatic nitrogens is 1. The highest BCUT2D eigenvalue weighted by Gasteiger charge is 2.09. The van der Waals surface area contributed by atoms with Crippen LogP contribution in [0.3, 0.4) is 0 Å². The number of carbonyl (C=O) groups is 1. The molecule has 0 atom stereocenters. The second-order valence-corrected chi connectivity index (χ2v) is 6.69. The summed E-state index contributed by atoms with van der Waals surface area (Å²) in [6.45, 7) is 4.05. The van der Waals surface area contributed by atoms with Gasteiger partial charge in [0.1, 0.15) is 12.4 Å². The van der Waals surface area contributed by atoms with Gasteiger partial charge in [0.15, 0.2) is 0 Å². The van der Waals surface area contributed by atoms with Gasteiger partial charge in [0.25, 0.3) is 0 Å². The molecule has 3 rings (SSSR count). The molecule has 26 heavy (non-hydrogen) atoms. The van der Waals surface area contributed by atoms with Gasteiger partial charge in [-0.1, -0.05) is 49.1 Å². The van der Waals surface area contributed by atoms with Gasteiger partial charge in [0.2, 0.25) is 5.91 Å². The van der Waals surface area contributed by atoms with Crippen LogP contribution in [-0.2, 0) is 17.6 Å². The monoisotopic (exact) mass is 364 g/mol. The Morgan fingerprint density at radius 2 is 2.04 bits per heavy atom. The molecule has 3 aromatic rings. The third kappa shape index (κ3) is 5.29. The lowest BCUT2D eigenvalue weighted by Gasteiger charge is -2.07. The molecule has 1 aromatic heterocycles. The highest BCUT2D eigenvalue weighted by molar-refractivity contribution is 7.09. The van der Waals surface area contributed by atoms with E-state index in [1.807, 2.05) is 41.8 Å². The van der Waals surface area contributed by atoms with Crippen LogP contribution in [-0.4, -0.2) is 17.5 Å². The number of amides is 1. The van der Waals surface area contributed by atoms with Crippen molar-refractivity contribution in [2.45, 2.75) is 12.8 Å². The molecule has 0 bridgehead atoms. The van der Waals surface area contributed by atoms with E-state index >= 15 is 0 Å². The topological polar surface area (TPSA) is 51.2 Å². The Kier molecular flexibility index (Phi) is 6.17. The fraction of sp³-hybridized carbons (Fsp3) is 0.143. The van der Waals surface area contributed by atoms with Crippen molar-refractivity contribution in [3.05, 3.63) is 88.9 Å². The maximum absolute atomic E-state index is 12.3. The highest BCUT2D eigenvalue weighted by atomic mass is 32.1. The van der Waals surface area contributed by atoms with Crippen molar-refractivity contribution in [3.63, 3.8) is 0 Å². The first-order valence-electron chi connectivity index (χ1n) is 8.34. The van der Waals surface area contributed by atoms with Crippen LogP contribution in [0.1, 0.15) is 16.3 Å². The predicted molar refractivity (Wildman–Crippen MR) is 106 cm³/mol. The number of carbonyl (C=O) groups excluding carboxylic acids is 1. The van der Waals surface area contributed by atoms with Gasteiger partial charge >= 0.3 is 0 Å². The van der Waals surface area contributed by atoms with E-state index in [0.717, 1.165) is 17.1 Å². The number of ether oxygens (including phenoxy) is 1. The Morgan fingerprint density at radius 3 is 2.85 bits per heavy atom. The van der Waals surface area contributed by atoms with Crippen LogP contribution < -0.4 is 10.1 Å². The molecule has 0 aliphatic carbocycles. The lowest BCUT2D eigenvalue weighted by Crippen LogP contribution is -2.14. The standard InChI is InChI=1S/C21H20N2O2S/c1-2-11-25-19-10-6-9-17(13-19)22-20(24)14-18-15-26-21(23-18)12-16-7-4-3-5-8-16/h2-10,13,15H,1,11-12,14H2,(H,22,24). The van der Waals surface area contributed by atoms with Gasteiger partial charge in [-0.05, 0) is 17.7 Å². The molecule has 5 heteroatoms. The van der Waals surface area contributed by atoms with Gasteiger partial charge in [0, 0.05) is 23.6 Å². The molecule has 1 N–H and O–H groups in total. The minimum absolute atomic E-state index is 0.0950. The third-order valence-electron chi connectivity index (χ3n) is 3.62. The second kappa shape index (κ2) is 8.97. The summed E-state index contributed by atoms with van der Waals surface area (Å²) in [7, 11) is 0. The molecule has 0 aliphatic rings. The van der Waals surface area contributed by atoms with Crippen LogP contribution in [0.25, 0.3) is 0 Å². The van der Waals surface area contributed by atoms with E-state index in [0.29, 0.717) is 18.0 Å². The largest absolute Gasteiger partial charge is 0.489 e. The van der Waals surface area contributed by atoms with Crippen LogP contribution in [0.4, 0.5) is 5.69 Å². The Labute approximate surface area is 157 Å². The summed E-state index contributed by atoms with van der Waals surface area (Å²) >= 11 is 1.58. The summed E-state index contributed by atoms with van der Waals surface area (Å²) in [5, 5.41) is 5.84. The molecular weight excluding hydrogens is 344 g/mol. The van der Waals surface area contributed by atoms with Crippen LogP contribution in [0, 0.1) is 0 Å². The predicted octanol–water partition coefficient (Wildman–Crippen LogP) is 4.48. The average Bonchev–Trinajstić information content (AvgIpc) is 3.07. The number of nitrogens with zero attached hydrogens (tertiary/aromatic N) is 1. The Hall–Kier alpha value is -2.92. The van der Waals surface area contributed by atoms with E-state index in [1.54, 1.807) is 23.5 Å². The van der Waals surface area contributed by atoms with Crippen molar-refractivity contribution in [1.29, 1.82) is 0 Å². The van der Waals surface area contributed by atoms with Gasteiger partial charge < -0.3 is 10.1 Å². The van der Waals surface area contributed by atoms with E-state index in [1.165, 1.54) is 5.56 Å². The first-order chi connectivity index (χ1) is 12.7. The quantitative estimate of drug-likeness (QED) is 0.600. The highest BCUT2D eigenvalue weighted by Crippen LogP contribution is 2.19. The van der Waals surface area contributed by atoms with Gasteiger partial charge in [-0.2, -0.15) is 0 Å². The number of benzene rings is 2. The van der Waals surface area contributed by atoms with Crippen molar-refractivity contribution in [2.24, 2.45) is 0 Å². The normalized spacial score (nSPS) is 10.3. The Balaban J connectivity index is 1.56. The third-order valence-corrected chi connectivity index (χ3v) is 4.52. The van der Waals surface area contributed by atoms with Gasteiger partial charge in [-0.25, -0.2) is 4.98 Å². The molecule has 4 nitrogen and oxygen atoms in total.